The van der Waals surface area contributed by atoms with E-state index in [1.54, 1.807) is 0 Å². The molecule has 6 heteroatoms. The van der Waals surface area contributed by atoms with Gasteiger partial charge in [0.2, 0.25) is 0 Å². The van der Waals surface area contributed by atoms with Gasteiger partial charge in [0.1, 0.15) is 6.10 Å². The first kappa shape index (κ1) is 13.7. The van der Waals surface area contributed by atoms with E-state index in [1.165, 1.54) is 0 Å². The predicted octanol–water partition coefficient (Wildman–Crippen LogP) is -0.629. The molecule has 0 aromatic carbocycles. The van der Waals surface area contributed by atoms with Crippen LogP contribution in [0, 0.1) is 0 Å². The van der Waals surface area contributed by atoms with Gasteiger partial charge in [-0.1, -0.05) is 0 Å². The Morgan fingerprint density at radius 3 is 2.78 bits per heavy atom. The maximum absolute atomic E-state index is 11.3. The number of nitrogens with zero attached hydrogens (tertiary/aromatic N) is 1. The molecule has 2 aliphatic heterocycles. The molecule has 2 aliphatic rings. The second-order valence-corrected chi connectivity index (χ2v) is 5.63. The van der Waals surface area contributed by atoms with E-state index in [2.05, 4.69) is 10.3 Å². The number of piperidine rings is 1. The second-order valence-electron chi connectivity index (χ2n) is 5.63. The van der Waals surface area contributed by atoms with Crippen LogP contribution in [0.2, 0.25) is 0 Å². The zero-order chi connectivity index (χ0) is 13.2. The number of aliphatic hydroxyl groups is 1. The minimum absolute atomic E-state index is 0.107. The van der Waals surface area contributed by atoms with Gasteiger partial charge in [0.25, 0.3) is 5.91 Å². The van der Waals surface area contributed by atoms with Crippen molar-refractivity contribution >= 4 is 5.91 Å². The number of hydrogen-bond donors (Lipinski definition) is 3. The first-order valence-electron chi connectivity index (χ1n) is 6.61. The summed E-state index contributed by atoms with van der Waals surface area (Å²) >= 11 is 0. The van der Waals surface area contributed by atoms with E-state index in [0.717, 1.165) is 45.3 Å². The number of hydrazine groups is 1. The molecule has 0 aromatic heterocycles. The number of rotatable bonds is 3. The van der Waals surface area contributed by atoms with Gasteiger partial charge >= 0.3 is 0 Å². The summed E-state index contributed by atoms with van der Waals surface area (Å²) < 4.78 is 5.67. The van der Waals surface area contributed by atoms with Crippen molar-refractivity contribution in [3.05, 3.63) is 0 Å². The summed E-state index contributed by atoms with van der Waals surface area (Å²) in [5.74, 6) is 4.86. The van der Waals surface area contributed by atoms with E-state index in [9.17, 15) is 9.90 Å². The molecule has 6 nitrogen and oxygen atoms in total. The summed E-state index contributed by atoms with van der Waals surface area (Å²) in [6.07, 6.45) is 2.94. The average Bonchev–Trinajstić information content (AvgIpc) is 2.79. The van der Waals surface area contributed by atoms with Crippen LogP contribution < -0.4 is 11.3 Å². The van der Waals surface area contributed by atoms with Crippen LogP contribution in [-0.2, 0) is 9.53 Å². The van der Waals surface area contributed by atoms with Crippen molar-refractivity contribution in [3.8, 4) is 0 Å². The highest BCUT2D eigenvalue weighted by Gasteiger charge is 2.33. The van der Waals surface area contributed by atoms with Gasteiger partial charge in [-0.05, 0) is 32.6 Å². The molecule has 2 fully saturated rings. The molecular formula is C12H23N3O3. The van der Waals surface area contributed by atoms with Gasteiger partial charge in [-0.3, -0.25) is 10.2 Å². The molecule has 104 valence electrons. The lowest BCUT2D eigenvalue weighted by atomic mass is 9.93. The smallest absolute Gasteiger partial charge is 0.263 e. The minimum atomic E-state index is -0.519. The number of ether oxygens (including phenoxy) is 1. The largest absolute Gasteiger partial charge is 0.390 e. The van der Waals surface area contributed by atoms with E-state index in [1.807, 2.05) is 6.92 Å². The number of likely N-dealkylation sites (tertiary alicyclic amines) is 1. The fraction of sp³-hybridized carbons (Fsp3) is 0.917. The lowest BCUT2D eigenvalue weighted by Gasteiger charge is -2.36. The van der Waals surface area contributed by atoms with E-state index in [0.29, 0.717) is 0 Å². The van der Waals surface area contributed by atoms with Gasteiger partial charge in [0.15, 0.2) is 0 Å². The highest BCUT2D eigenvalue weighted by Crippen LogP contribution is 2.25. The van der Waals surface area contributed by atoms with Crippen molar-refractivity contribution in [2.45, 2.75) is 50.4 Å². The predicted molar refractivity (Wildman–Crippen MR) is 66.5 cm³/mol. The minimum Gasteiger partial charge on any atom is -0.390 e. The molecule has 0 aromatic rings. The van der Waals surface area contributed by atoms with E-state index in [-0.39, 0.29) is 12.0 Å². The molecule has 2 unspecified atom stereocenters. The van der Waals surface area contributed by atoms with Gasteiger partial charge in [-0.15, -0.1) is 0 Å². The molecule has 2 saturated heterocycles. The maximum atomic E-state index is 11.3. The van der Waals surface area contributed by atoms with Crippen LogP contribution in [0.3, 0.4) is 0 Å². The van der Waals surface area contributed by atoms with Crippen LogP contribution in [0.1, 0.15) is 32.6 Å². The van der Waals surface area contributed by atoms with Crippen LogP contribution in [-0.4, -0.2) is 53.4 Å². The highest BCUT2D eigenvalue weighted by atomic mass is 16.5. The van der Waals surface area contributed by atoms with E-state index >= 15 is 0 Å². The first-order valence-corrected chi connectivity index (χ1v) is 6.61. The topological polar surface area (TPSA) is 87.8 Å². The van der Waals surface area contributed by atoms with Crippen molar-refractivity contribution in [2.75, 3.05) is 19.6 Å². The summed E-state index contributed by atoms with van der Waals surface area (Å²) in [7, 11) is 0. The zero-order valence-corrected chi connectivity index (χ0v) is 10.9. The molecule has 0 bridgehead atoms. The van der Waals surface area contributed by atoms with Gasteiger partial charge in [0, 0.05) is 19.6 Å². The zero-order valence-electron chi connectivity index (χ0n) is 10.9. The average molecular weight is 257 g/mol. The summed E-state index contributed by atoms with van der Waals surface area (Å²) in [5.41, 5.74) is 1.61. The van der Waals surface area contributed by atoms with E-state index in [4.69, 9.17) is 10.6 Å². The number of carbonyl (C=O) groups is 1. The highest BCUT2D eigenvalue weighted by molar-refractivity contribution is 5.80. The van der Waals surface area contributed by atoms with Crippen LogP contribution in [0.4, 0.5) is 0 Å². The Morgan fingerprint density at radius 1 is 1.50 bits per heavy atom. The van der Waals surface area contributed by atoms with Gasteiger partial charge < -0.3 is 14.7 Å². The number of carbonyl (C=O) groups excluding carboxylic acids is 1. The van der Waals surface area contributed by atoms with Gasteiger partial charge in [-0.2, -0.15) is 0 Å². The molecule has 0 radical (unpaired) electrons. The third-order valence-electron chi connectivity index (χ3n) is 3.94. The summed E-state index contributed by atoms with van der Waals surface area (Å²) in [6, 6.07) is 0. The summed E-state index contributed by atoms with van der Waals surface area (Å²) in [4.78, 5) is 13.6. The fourth-order valence-corrected chi connectivity index (χ4v) is 2.63. The fourth-order valence-electron chi connectivity index (χ4n) is 2.63. The standard InChI is InChI=1S/C12H23N3O3/c1-12(17)4-6-15(7-5-12)8-9-2-3-10(18-9)11(16)14-13/h9-10,17H,2-8,13H2,1H3,(H,14,16). The Kier molecular flexibility index (Phi) is 4.21. The van der Waals surface area contributed by atoms with Gasteiger partial charge in [0.05, 0.1) is 11.7 Å². The lowest BCUT2D eigenvalue weighted by molar-refractivity contribution is -0.132. The number of amides is 1. The van der Waals surface area contributed by atoms with Crippen molar-refractivity contribution in [1.82, 2.24) is 10.3 Å². The summed E-state index contributed by atoms with van der Waals surface area (Å²) in [6.45, 7) is 4.50. The molecule has 4 N–H and O–H groups in total. The van der Waals surface area contributed by atoms with Crippen LogP contribution in [0.5, 0.6) is 0 Å². The third kappa shape index (κ3) is 3.41. The number of hydrogen-bond acceptors (Lipinski definition) is 5. The molecule has 0 aliphatic carbocycles. The van der Waals surface area contributed by atoms with Crippen molar-refractivity contribution in [3.63, 3.8) is 0 Å². The lowest BCUT2D eigenvalue weighted by Crippen LogP contribution is -2.45. The Hall–Kier alpha value is -0.690. The summed E-state index contributed by atoms with van der Waals surface area (Å²) in [5, 5.41) is 9.88. The van der Waals surface area contributed by atoms with E-state index < -0.39 is 11.7 Å². The molecule has 2 atom stereocenters. The second kappa shape index (κ2) is 5.52. The number of nitrogens with two attached hydrogens (primary N) is 1. The van der Waals surface area contributed by atoms with Crippen molar-refractivity contribution in [1.29, 1.82) is 0 Å². The molecule has 2 rings (SSSR count). The Labute approximate surface area is 107 Å². The maximum Gasteiger partial charge on any atom is 0.263 e. The quantitative estimate of drug-likeness (QED) is 0.356. The Bertz CT molecular complexity index is 299. The van der Waals surface area contributed by atoms with Crippen LogP contribution in [0.25, 0.3) is 0 Å². The third-order valence-corrected chi connectivity index (χ3v) is 3.94. The molecule has 0 spiro atoms. The van der Waals surface area contributed by atoms with Crippen molar-refractivity contribution < 1.29 is 14.6 Å². The molecule has 0 saturated carbocycles. The first-order chi connectivity index (χ1) is 8.50. The van der Waals surface area contributed by atoms with Crippen LogP contribution in [0.15, 0.2) is 0 Å². The SMILES string of the molecule is CC1(O)CCN(CC2CCC(C(=O)NN)O2)CC1. The molecule has 1 amide bonds. The Morgan fingerprint density at radius 2 is 2.17 bits per heavy atom. The Balaban J connectivity index is 1.74. The van der Waals surface area contributed by atoms with Gasteiger partial charge in [-0.25, -0.2) is 5.84 Å². The van der Waals surface area contributed by atoms with Crippen LogP contribution >= 0.6 is 0 Å². The number of nitrogens with one attached hydrogen (secondary N) is 1. The normalized spacial score (nSPS) is 32.4. The monoisotopic (exact) mass is 257 g/mol. The molecular weight excluding hydrogens is 234 g/mol. The van der Waals surface area contributed by atoms with Crippen molar-refractivity contribution in [2.24, 2.45) is 5.84 Å². The molecule has 18 heavy (non-hydrogen) atoms. The molecule has 2 heterocycles.